The molecule has 0 spiro atoms. The first-order chi connectivity index (χ1) is 38.4. The van der Waals surface area contributed by atoms with Gasteiger partial charge in [-0.1, -0.05) is 205 Å². The van der Waals surface area contributed by atoms with Gasteiger partial charge in [0.25, 0.3) is 0 Å². The second-order valence-electron chi connectivity index (χ2n) is 24.1. The maximum absolute atomic E-state index is 2.65. The lowest BCUT2D eigenvalue weighted by molar-refractivity contribution is 0.590. The minimum absolute atomic E-state index is 0.0358. The van der Waals surface area contributed by atoms with Gasteiger partial charge in [-0.2, -0.15) is 0 Å². The molecule has 0 amide bonds. The van der Waals surface area contributed by atoms with Crippen molar-refractivity contribution in [2.75, 3.05) is 9.80 Å². The molecule has 0 saturated heterocycles. The molecule has 0 bridgehead atoms. The Bertz CT molecular complexity index is 4750. The van der Waals surface area contributed by atoms with Crippen molar-refractivity contribution in [3.63, 3.8) is 0 Å². The highest BCUT2D eigenvalue weighted by atomic mass is 15.2. The number of allylic oxidation sites excluding steroid dienone is 4. The van der Waals surface area contributed by atoms with Crippen molar-refractivity contribution in [3.05, 3.63) is 247 Å². The van der Waals surface area contributed by atoms with Crippen LogP contribution in [0.3, 0.4) is 0 Å². The lowest BCUT2D eigenvalue weighted by Gasteiger charge is -2.31. The number of benzene rings is 10. The van der Waals surface area contributed by atoms with E-state index in [2.05, 4.69) is 292 Å². The summed E-state index contributed by atoms with van der Waals surface area (Å²) in [4.78, 5) is 5.02. The molecule has 15 rings (SSSR count). The van der Waals surface area contributed by atoms with Crippen LogP contribution in [0.25, 0.3) is 98.4 Å². The largest absolute Gasteiger partial charge is 0.314 e. The molecule has 0 saturated carbocycles. The second-order valence-corrected chi connectivity index (χ2v) is 24.1. The van der Waals surface area contributed by atoms with Crippen molar-refractivity contribution < 1.29 is 0 Å². The SMILES string of the molecule is CC1=CC=C(N(c2ccc(C(C)(C)C)cc2)c2cccc3c2c2cccc4c5c(-c6ccccc6)c6c(c(-c7ccccc7)c5n3c24)c2cccc3c4c(N(c5ccccc5)c5ccc(C(C)(C)C)cc5)cccc4n6c32)CC1. The van der Waals surface area contributed by atoms with Crippen LogP contribution >= 0.6 is 0 Å². The molecule has 1 aliphatic rings. The first-order valence-corrected chi connectivity index (χ1v) is 28.2. The molecule has 4 aromatic heterocycles. The average Bonchev–Trinajstić information content (AvgIpc) is 1.94. The van der Waals surface area contributed by atoms with E-state index in [0.717, 1.165) is 29.9 Å². The third-order valence-electron chi connectivity index (χ3n) is 17.2. The summed E-state index contributed by atoms with van der Waals surface area (Å²) < 4.78 is 5.29. The van der Waals surface area contributed by atoms with E-state index in [1.54, 1.807) is 0 Å². The molecule has 14 aromatic rings. The maximum Gasteiger partial charge on any atom is 0.0634 e. The molecule has 4 nitrogen and oxygen atoms in total. The predicted octanol–water partition coefficient (Wildman–Crippen LogP) is 21.1. The number of hydrogen-bond donors (Lipinski definition) is 0. The fraction of sp³-hybridized carbons (Fsp3) is 0.147. The van der Waals surface area contributed by atoms with E-state index >= 15 is 0 Å². The van der Waals surface area contributed by atoms with Gasteiger partial charge in [0.2, 0.25) is 0 Å². The number of anilines is 5. The first-order valence-electron chi connectivity index (χ1n) is 28.2. The predicted molar refractivity (Wildman–Crippen MR) is 338 cm³/mol. The van der Waals surface area contributed by atoms with Gasteiger partial charge in [-0.25, -0.2) is 0 Å². The van der Waals surface area contributed by atoms with Crippen LogP contribution in [0.5, 0.6) is 0 Å². The fourth-order valence-electron chi connectivity index (χ4n) is 13.5. The van der Waals surface area contributed by atoms with Gasteiger partial charge in [0.05, 0.1) is 44.5 Å². The normalized spacial score (nSPS) is 13.6. The van der Waals surface area contributed by atoms with Gasteiger partial charge in [-0.15, -0.1) is 0 Å². The minimum atomic E-state index is 0.0358. The Morgan fingerprint density at radius 2 is 0.734 bits per heavy atom. The molecular formula is C75H62N4. The van der Waals surface area contributed by atoms with Crippen LogP contribution in [-0.4, -0.2) is 8.80 Å². The first kappa shape index (κ1) is 47.1. The topological polar surface area (TPSA) is 15.3 Å². The molecule has 0 radical (unpaired) electrons. The summed E-state index contributed by atoms with van der Waals surface area (Å²) in [5.74, 6) is 0. The smallest absolute Gasteiger partial charge is 0.0634 e. The summed E-state index contributed by atoms with van der Waals surface area (Å²) >= 11 is 0. The molecule has 10 aromatic carbocycles. The zero-order chi connectivity index (χ0) is 53.5. The standard InChI is InChI=1S/C75H62N4/c1-47-35-41-53(42-36-47)77(55-45-39-51(40-46-55)75(5,6)7)61-32-20-34-63-67(61)57-28-18-30-59-69-64(48-21-11-8-12-22-48)72-68(65(49-23-13-9-14-24-49)73(69)79(63)71(57)59)58-29-17-27-56-66-60(31-19-33-62(66)78(72)70(56)58)76(52-25-15-10-16-26-52)54-43-37-50(38-44-54)74(2,3)4/h8-35,37-41,43-46H,36,42H2,1-7H3. The van der Waals surface area contributed by atoms with Crippen molar-refractivity contribution in [2.45, 2.75) is 72.1 Å². The quantitative estimate of drug-likeness (QED) is 0.151. The van der Waals surface area contributed by atoms with Gasteiger partial charge >= 0.3 is 0 Å². The highest BCUT2D eigenvalue weighted by Crippen LogP contribution is 2.56. The van der Waals surface area contributed by atoms with Crippen LogP contribution in [0.1, 0.15) is 72.4 Å². The summed E-state index contributed by atoms with van der Waals surface area (Å²) in [6.45, 7) is 16.0. The molecule has 79 heavy (non-hydrogen) atoms. The molecule has 4 heteroatoms. The van der Waals surface area contributed by atoms with Crippen LogP contribution in [0.2, 0.25) is 0 Å². The molecule has 1 aliphatic carbocycles. The summed E-state index contributed by atoms with van der Waals surface area (Å²) in [6.07, 6.45) is 6.68. The van der Waals surface area contributed by atoms with Gasteiger partial charge in [-0.05, 0) is 120 Å². The van der Waals surface area contributed by atoms with Crippen LogP contribution in [-0.2, 0) is 10.8 Å². The molecule has 0 fully saturated rings. The van der Waals surface area contributed by atoms with Crippen LogP contribution in [0.4, 0.5) is 28.4 Å². The molecule has 0 N–H and O–H groups in total. The molecular weight excluding hydrogens is 957 g/mol. The Labute approximate surface area is 462 Å². The van der Waals surface area contributed by atoms with Crippen LogP contribution in [0, 0.1) is 0 Å². The molecule has 4 heterocycles. The van der Waals surface area contributed by atoms with Crippen molar-refractivity contribution in [1.82, 2.24) is 8.80 Å². The number of nitrogens with zero attached hydrogens (tertiary/aromatic N) is 4. The zero-order valence-corrected chi connectivity index (χ0v) is 46.1. The molecule has 0 atom stereocenters. The van der Waals surface area contributed by atoms with Crippen molar-refractivity contribution in [1.29, 1.82) is 0 Å². The van der Waals surface area contributed by atoms with Gasteiger partial charge in [0, 0.05) is 77.0 Å². The Hall–Kier alpha value is -9.12. The monoisotopic (exact) mass is 1020 g/mol. The lowest BCUT2D eigenvalue weighted by Crippen LogP contribution is -2.18. The average molecular weight is 1020 g/mol. The molecule has 0 unspecified atom stereocenters. The van der Waals surface area contributed by atoms with E-state index in [9.17, 15) is 0 Å². The van der Waals surface area contributed by atoms with Gasteiger partial charge < -0.3 is 18.6 Å². The number of para-hydroxylation sites is 3. The second kappa shape index (κ2) is 17.4. The number of fused-ring (bicyclic) bond motifs is 12. The minimum Gasteiger partial charge on any atom is -0.314 e. The van der Waals surface area contributed by atoms with E-state index in [4.69, 9.17) is 0 Å². The number of rotatable bonds is 8. The Morgan fingerprint density at radius 1 is 0.342 bits per heavy atom. The Kier molecular flexibility index (Phi) is 10.4. The number of aromatic nitrogens is 2. The Morgan fingerprint density at radius 3 is 1.16 bits per heavy atom. The highest BCUT2D eigenvalue weighted by Gasteiger charge is 2.33. The zero-order valence-electron chi connectivity index (χ0n) is 46.1. The van der Waals surface area contributed by atoms with E-state index < -0.39 is 0 Å². The van der Waals surface area contributed by atoms with Crippen molar-refractivity contribution >= 4 is 105 Å². The van der Waals surface area contributed by atoms with Gasteiger partial charge in [0.15, 0.2) is 0 Å². The molecule has 0 aliphatic heterocycles. The van der Waals surface area contributed by atoms with Crippen LogP contribution < -0.4 is 9.80 Å². The van der Waals surface area contributed by atoms with Gasteiger partial charge in [-0.3, -0.25) is 0 Å². The third-order valence-corrected chi connectivity index (χ3v) is 17.2. The maximum atomic E-state index is 2.65. The van der Waals surface area contributed by atoms with Crippen molar-refractivity contribution in [2.24, 2.45) is 0 Å². The summed E-state index contributed by atoms with van der Waals surface area (Å²) in [5, 5.41) is 10.0. The Balaban J connectivity index is 1.09. The fourth-order valence-corrected chi connectivity index (χ4v) is 13.5. The van der Waals surface area contributed by atoms with E-state index in [1.807, 2.05) is 0 Å². The highest BCUT2D eigenvalue weighted by molar-refractivity contribution is 6.39. The van der Waals surface area contributed by atoms with E-state index in [-0.39, 0.29) is 10.8 Å². The summed E-state index contributed by atoms with van der Waals surface area (Å²) in [6, 6.07) is 80.0. The van der Waals surface area contributed by atoms with Crippen molar-refractivity contribution in [3.8, 4) is 22.3 Å². The van der Waals surface area contributed by atoms with Gasteiger partial charge in [0.1, 0.15) is 0 Å². The van der Waals surface area contributed by atoms with Crippen LogP contribution in [0.15, 0.2) is 236 Å². The third kappa shape index (κ3) is 7.06. The molecule has 382 valence electrons. The van der Waals surface area contributed by atoms with E-state index in [1.165, 1.54) is 132 Å². The van der Waals surface area contributed by atoms with E-state index in [0.29, 0.717) is 0 Å². The summed E-state index contributed by atoms with van der Waals surface area (Å²) in [7, 11) is 0. The lowest BCUT2D eigenvalue weighted by atomic mass is 9.87. The number of hydrogen-bond acceptors (Lipinski definition) is 2. The summed E-state index contributed by atoms with van der Waals surface area (Å²) in [5.41, 5.74) is 23.5.